The summed E-state index contributed by atoms with van der Waals surface area (Å²) in [6.07, 6.45) is 2.38. The van der Waals surface area contributed by atoms with Crippen molar-refractivity contribution in [1.29, 1.82) is 0 Å². The number of carboxylic acids is 1. The van der Waals surface area contributed by atoms with Crippen LogP contribution >= 0.6 is 0 Å². The van der Waals surface area contributed by atoms with Gasteiger partial charge >= 0.3 is 11.9 Å². The molecule has 0 spiro atoms. The van der Waals surface area contributed by atoms with Gasteiger partial charge in [0.25, 0.3) is 0 Å². The summed E-state index contributed by atoms with van der Waals surface area (Å²) >= 11 is 0. The van der Waals surface area contributed by atoms with Crippen LogP contribution in [0.1, 0.15) is 26.7 Å². The molecule has 0 aliphatic carbocycles. The second-order valence-corrected chi connectivity index (χ2v) is 2.77. The van der Waals surface area contributed by atoms with E-state index in [1.165, 1.54) is 0 Å². The molecule has 0 aliphatic rings. The Morgan fingerprint density at radius 2 is 1.93 bits per heavy atom. The molecule has 0 fully saturated rings. The second-order valence-electron chi connectivity index (χ2n) is 2.77. The molecule has 15 heavy (non-hydrogen) atoms. The fourth-order valence-corrected chi connectivity index (χ4v) is 0.800. The Morgan fingerprint density at radius 3 is 2.40 bits per heavy atom. The van der Waals surface area contributed by atoms with Crippen molar-refractivity contribution >= 4 is 11.9 Å². The fourth-order valence-electron chi connectivity index (χ4n) is 0.800. The predicted molar refractivity (Wildman–Crippen MR) is 53.2 cm³/mol. The lowest BCUT2D eigenvalue weighted by Gasteiger charge is -2.07. The molecule has 0 rings (SSSR count). The SMILES string of the molecule is CCCCOC(=CC(=O)O)C(=O)OCC. The zero-order chi connectivity index (χ0) is 11.7. The number of hydrogen-bond acceptors (Lipinski definition) is 4. The second kappa shape index (κ2) is 7.84. The minimum atomic E-state index is -1.23. The van der Waals surface area contributed by atoms with Gasteiger partial charge in [0.15, 0.2) is 0 Å². The van der Waals surface area contributed by atoms with E-state index in [0.717, 1.165) is 12.8 Å². The van der Waals surface area contributed by atoms with Gasteiger partial charge in [0.1, 0.15) is 0 Å². The van der Waals surface area contributed by atoms with E-state index in [1.54, 1.807) is 6.92 Å². The highest BCUT2D eigenvalue weighted by Crippen LogP contribution is 2.03. The highest BCUT2D eigenvalue weighted by Gasteiger charge is 2.13. The van der Waals surface area contributed by atoms with Crippen LogP contribution in [0.5, 0.6) is 0 Å². The van der Waals surface area contributed by atoms with Gasteiger partial charge in [-0.25, -0.2) is 9.59 Å². The van der Waals surface area contributed by atoms with Crippen molar-refractivity contribution in [2.75, 3.05) is 13.2 Å². The summed E-state index contributed by atoms with van der Waals surface area (Å²) in [5.74, 6) is -2.22. The van der Waals surface area contributed by atoms with Crippen molar-refractivity contribution in [3.05, 3.63) is 11.8 Å². The zero-order valence-electron chi connectivity index (χ0n) is 8.99. The van der Waals surface area contributed by atoms with Crippen LogP contribution in [0, 0.1) is 0 Å². The Labute approximate surface area is 88.7 Å². The van der Waals surface area contributed by atoms with Gasteiger partial charge in [-0.05, 0) is 13.3 Å². The van der Waals surface area contributed by atoms with Crippen LogP contribution in [0.4, 0.5) is 0 Å². The third kappa shape index (κ3) is 6.54. The first-order chi connectivity index (χ1) is 7.11. The molecule has 0 unspecified atom stereocenters. The Kier molecular flexibility index (Phi) is 7.05. The van der Waals surface area contributed by atoms with Crippen LogP contribution in [-0.4, -0.2) is 30.3 Å². The average Bonchev–Trinajstić information content (AvgIpc) is 2.16. The van der Waals surface area contributed by atoms with E-state index in [4.69, 9.17) is 9.84 Å². The van der Waals surface area contributed by atoms with Gasteiger partial charge < -0.3 is 14.6 Å². The summed E-state index contributed by atoms with van der Waals surface area (Å²) in [5, 5.41) is 8.49. The number of rotatable bonds is 7. The molecule has 0 saturated heterocycles. The van der Waals surface area contributed by atoms with Crippen molar-refractivity contribution < 1.29 is 24.2 Å². The lowest BCUT2D eigenvalue weighted by molar-refractivity contribution is -0.143. The Balaban J connectivity index is 4.31. The molecule has 0 heterocycles. The van der Waals surface area contributed by atoms with Crippen LogP contribution in [0.15, 0.2) is 11.8 Å². The molecule has 0 aromatic heterocycles. The molecular formula is C10H16O5. The maximum Gasteiger partial charge on any atom is 0.373 e. The third-order valence-corrected chi connectivity index (χ3v) is 1.49. The summed E-state index contributed by atoms with van der Waals surface area (Å²) in [7, 11) is 0. The van der Waals surface area contributed by atoms with Crippen LogP contribution in [-0.2, 0) is 19.1 Å². The van der Waals surface area contributed by atoms with E-state index >= 15 is 0 Å². The molecule has 0 amide bonds. The zero-order valence-corrected chi connectivity index (χ0v) is 8.99. The number of aliphatic carboxylic acids is 1. The molecule has 86 valence electrons. The van der Waals surface area contributed by atoms with Gasteiger partial charge in [-0.3, -0.25) is 0 Å². The first-order valence-corrected chi connectivity index (χ1v) is 4.86. The predicted octanol–water partition coefficient (Wildman–Crippen LogP) is 1.33. The van der Waals surface area contributed by atoms with Crippen molar-refractivity contribution in [1.82, 2.24) is 0 Å². The monoisotopic (exact) mass is 216 g/mol. The molecule has 0 radical (unpaired) electrons. The van der Waals surface area contributed by atoms with E-state index < -0.39 is 11.9 Å². The fraction of sp³-hybridized carbons (Fsp3) is 0.600. The molecular weight excluding hydrogens is 200 g/mol. The standard InChI is InChI=1S/C10H16O5/c1-3-5-6-15-8(7-9(11)12)10(13)14-4-2/h7H,3-6H2,1-2H3,(H,11,12). The number of hydrogen-bond donors (Lipinski definition) is 1. The molecule has 0 bridgehead atoms. The Bertz CT molecular complexity index is 244. The number of carboxylic acid groups (broad SMARTS) is 1. The Morgan fingerprint density at radius 1 is 1.27 bits per heavy atom. The minimum Gasteiger partial charge on any atom is -0.486 e. The van der Waals surface area contributed by atoms with Gasteiger partial charge in [-0.2, -0.15) is 0 Å². The third-order valence-electron chi connectivity index (χ3n) is 1.49. The van der Waals surface area contributed by atoms with E-state index in [1.807, 2.05) is 6.92 Å². The van der Waals surface area contributed by atoms with Gasteiger partial charge in [0.05, 0.1) is 19.3 Å². The maximum absolute atomic E-state index is 11.2. The molecule has 0 aromatic carbocycles. The number of unbranched alkanes of at least 4 members (excludes halogenated alkanes) is 1. The summed E-state index contributed by atoms with van der Waals surface area (Å²) < 4.78 is 9.65. The van der Waals surface area contributed by atoms with Crippen molar-refractivity contribution in [3.63, 3.8) is 0 Å². The average molecular weight is 216 g/mol. The topological polar surface area (TPSA) is 72.8 Å². The van der Waals surface area contributed by atoms with E-state index in [0.29, 0.717) is 12.7 Å². The number of carbonyl (C=O) groups excluding carboxylic acids is 1. The molecule has 0 aliphatic heterocycles. The minimum absolute atomic E-state index is 0.187. The summed E-state index contributed by atoms with van der Waals surface area (Å²) in [4.78, 5) is 21.6. The molecule has 5 heteroatoms. The largest absolute Gasteiger partial charge is 0.486 e. The number of ether oxygens (including phenoxy) is 2. The van der Waals surface area contributed by atoms with Crippen molar-refractivity contribution in [2.24, 2.45) is 0 Å². The van der Waals surface area contributed by atoms with Crippen molar-refractivity contribution in [2.45, 2.75) is 26.7 Å². The van der Waals surface area contributed by atoms with E-state index in [2.05, 4.69) is 4.74 Å². The number of carbonyl (C=O) groups is 2. The summed E-state index contributed by atoms with van der Waals surface area (Å²) in [6, 6.07) is 0. The number of esters is 1. The van der Waals surface area contributed by atoms with Crippen LogP contribution in [0.25, 0.3) is 0 Å². The van der Waals surface area contributed by atoms with Gasteiger partial charge in [0, 0.05) is 0 Å². The summed E-state index contributed by atoms with van der Waals surface area (Å²) in [6.45, 7) is 4.11. The molecule has 0 saturated carbocycles. The maximum atomic E-state index is 11.2. The highest BCUT2D eigenvalue weighted by molar-refractivity contribution is 5.93. The first-order valence-electron chi connectivity index (χ1n) is 4.86. The lowest BCUT2D eigenvalue weighted by Crippen LogP contribution is -2.13. The quantitative estimate of drug-likeness (QED) is 0.301. The Hall–Kier alpha value is -1.52. The molecule has 1 N–H and O–H groups in total. The van der Waals surface area contributed by atoms with Crippen LogP contribution in [0.3, 0.4) is 0 Å². The van der Waals surface area contributed by atoms with Crippen molar-refractivity contribution in [3.8, 4) is 0 Å². The first kappa shape index (κ1) is 13.5. The van der Waals surface area contributed by atoms with Crippen LogP contribution < -0.4 is 0 Å². The van der Waals surface area contributed by atoms with Gasteiger partial charge in [0.2, 0.25) is 5.76 Å². The van der Waals surface area contributed by atoms with Gasteiger partial charge in [-0.1, -0.05) is 13.3 Å². The van der Waals surface area contributed by atoms with Gasteiger partial charge in [-0.15, -0.1) is 0 Å². The molecule has 0 atom stereocenters. The normalized spacial score (nSPS) is 10.9. The van der Waals surface area contributed by atoms with E-state index in [9.17, 15) is 9.59 Å². The lowest BCUT2D eigenvalue weighted by atomic mass is 10.3. The molecule has 0 aromatic rings. The molecule has 5 nitrogen and oxygen atoms in total. The van der Waals surface area contributed by atoms with Crippen LogP contribution in [0.2, 0.25) is 0 Å². The summed E-state index contributed by atoms with van der Waals surface area (Å²) in [5.41, 5.74) is 0. The smallest absolute Gasteiger partial charge is 0.373 e. The highest BCUT2D eigenvalue weighted by atomic mass is 16.6. The van der Waals surface area contributed by atoms with E-state index in [-0.39, 0.29) is 12.4 Å².